The summed E-state index contributed by atoms with van der Waals surface area (Å²) in [7, 11) is 1.21. The van der Waals surface area contributed by atoms with Crippen molar-refractivity contribution in [2.24, 2.45) is 5.92 Å². The quantitative estimate of drug-likeness (QED) is 0.0488. The van der Waals surface area contributed by atoms with Crippen molar-refractivity contribution in [1.29, 1.82) is 0 Å². The second kappa shape index (κ2) is 21.5. The van der Waals surface area contributed by atoms with Crippen LogP contribution in [0.5, 0.6) is 0 Å². The van der Waals surface area contributed by atoms with E-state index in [1.54, 1.807) is 6.92 Å². The van der Waals surface area contributed by atoms with Crippen LogP contribution in [0.2, 0.25) is 0 Å². The number of hydrazine groups is 2. The van der Waals surface area contributed by atoms with E-state index >= 15 is 0 Å². The van der Waals surface area contributed by atoms with Crippen molar-refractivity contribution >= 4 is 35.5 Å². The van der Waals surface area contributed by atoms with E-state index in [1.165, 1.54) is 14.0 Å². The van der Waals surface area contributed by atoms with Crippen molar-refractivity contribution in [3.8, 4) is 0 Å². The van der Waals surface area contributed by atoms with Gasteiger partial charge in [0.2, 0.25) is 5.91 Å². The number of cyclic esters (lactones) is 1. The predicted octanol–water partition coefficient (Wildman–Crippen LogP) is -1.62. The van der Waals surface area contributed by atoms with Crippen molar-refractivity contribution in [2.75, 3.05) is 33.4 Å². The number of hydrogen-bond donors (Lipinski definition) is 9. The highest BCUT2D eigenvalue weighted by atomic mass is 16.7. The molecule has 0 aromatic rings. The molecule has 4 saturated heterocycles. The van der Waals surface area contributed by atoms with Crippen molar-refractivity contribution in [1.82, 2.24) is 41.6 Å². The zero-order valence-corrected chi connectivity index (χ0v) is 35.5. The minimum absolute atomic E-state index is 0.0404. The monoisotopic (exact) mass is 858 g/mol. The summed E-state index contributed by atoms with van der Waals surface area (Å²) in [5.41, 5.74) is 3.04. The van der Waals surface area contributed by atoms with E-state index in [-0.39, 0.29) is 48.4 Å². The minimum atomic E-state index is -2.50. The van der Waals surface area contributed by atoms with E-state index in [0.29, 0.717) is 19.3 Å². The SMILES string of the molecule is CCCCCCC1CCC(O)(C(C)(O)C(O)NC2C(=O)N3NCCCC3C(=O)N(O)C(COC)C(=O)NCC(=O)N3NCCCC3C(=O)N(O)C(C)C(=O)OC2C)OC1C. The zero-order valence-electron chi connectivity index (χ0n) is 35.5. The topological polar surface area (TPSA) is 292 Å². The molecule has 0 radical (unpaired) electrons. The molecule has 9 N–H and O–H groups in total. The molecule has 22 heteroatoms. The maximum Gasteiger partial charge on any atom is 0.331 e. The average molecular weight is 859 g/mol. The lowest BCUT2D eigenvalue weighted by molar-refractivity contribution is -0.355. The van der Waals surface area contributed by atoms with Gasteiger partial charge in [-0.3, -0.25) is 49.7 Å². The lowest BCUT2D eigenvalue weighted by Crippen LogP contribution is -2.71. The third-order valence-electron chi connectivity index (χ3n) is 12.1. The summed E-state index contributed by atoms with van der Waals surface area (Å²) in [4.78, 5) is 82.5. The van der Waals surface area contributed by atoms with Crippen LogP contribution in [0.25, 0.3) is 0 Å². The first-order valence-electron chi connectivity index (χ1n) is 21.0. The molecule has 0 saturated carbocycles. The summed E-state index contributed by atoms with van der Waals surface area (Å²) in [5.74, 6) is -8.55. The van der Waals surface area contributed by atoms with Crippen LogP contribution in [0, 0.1) is 5.92 Å². The number of hydroxylamine groups is 4. The number of rotatable bonds is 11. The fourth-order valence-electron chi connectivity index (χ4n) is 8.08. The first-order chi connectivity index (χ1) is 28.3. The van der Waals surface area contributed by atoms with Gasteiger partial charge in [-0.15, -0.1) is 0 Å². The maximum atomic E-state index is 14.6. The summed E-state index contributed by atoms with van der Waals surface area (Å²) in [6.45, 7) is 6.52. The number of hydrogen-bond acceptors (Lipinski definition) is 17. The zero-order chi connectivity index (χ0) is 44.5. The van der Waals surface area contributed by atoms with Crippen LogP contribution in [-0.2, 0) is 43.0 Å². The van der Waals surface area contributed by atoms with Gasteiger partial charge in [-0.05, 0) is 72.1 Å². The molecule has 0 bridgehead atoms. The Bertz CT molecular complexity index is 1530. The molecule has 4 fully saturated rings. The summed E-state index contributed by atoms with van der Waals surface area (Å²) >= 11 is 0. The molecule has 11 unspecified atom stereocenters. The van der Waals surface area contributed by atoms with E-state index in [0.717, 1.165) is 56.0 Å². The summed E-state index contributed by atoms with van der Waals surface area (Å²) in [5, 5.41) is 64.3. The summed E-state index contributed by atoms with van der Waals surface area (Å²) in [6, 6.07) is -8.10. The molecule has 4 heterocycles. The Balaban J connectivity index is 1.69. The number of aliphatic hydroxyl groups is 3. The summed E-state index contributed by atoms with van der Waals surface area (Å²) < 4.78 is 16.7. The third kappa shape index (κ3) is 11.1. The van der Waals surface area contributed by atoms with Crippen molar-refractivity contribution in [3.63, 3.8) is 0 Å². The van der Waals surface area contributed by atoms with Gasteiger partial charge in [0.05, 0.1) is 19.3 Å². The van der Waals surface area contributed by atoms with Gasteiger partial charge in [0, 0.05) is 26.6 Å². The number of ether oxygens (including phenoxy) is 3. The Hall–Kier alpha value is -3.58. The third-order valence-corrected chi connectivity index (χ3v) is 12.1. The Morgan fingerprint density at radius 2 is 1.52 bits per heavy atom. The van der Waals surface area contributed by atoms with Crippen molar-refractivity contribution in [3.05, 3.63) is 0 Å². The first-order valence-corrected chi connectivity index (χ1v) is 21.0. The van der Waals surface area contributed by atoms with E-state index in [1.807, 2.05) is 0 Å². The molecule has 4 rings (SSSR count). The van der Waals surface area contributed by atoms with Crippen molar-refractivity contribution in [2.45, 2.75) is 165 Å². The van der Waals surface area contributed by atoms with Crippen LogP contribution in [0.15, 0.2) is 0 Å². The highest BCUT2D eigenvalue weighted by Crippen LogP contribution is 2.41. The number of fused-ring (bicyclic) bond motifs is 2. The Kier molecular flexibility index (Phi) is 17.6. The van der Waals surface area contributed by atoms with Crippen LogP contribution >= 0.6 is 0 Å². The molecule has 0 aromatic carbocycles. The number of esters is 1. The van der Waals surface area contributed by atoms with Crippen LogP contribution < -0.4 is 21.5 Å². The van der Waals surface area contributed by atoms with Crippen LogP contribution in [-0.4, -0.2) is 175 Å². The standard InChI is InChI=1S/C38H66N8O14/c1-7-8-9-10-13-25-16-17-38(55,60-23(25)3)37(5,54)36(53)42-30-24(4)59-35(52)22(2)45(56)32(49)26-14-11-18-40-43(26)29(47)20-39-31(48)28(21-58-6)46(57)33(50)27-15-12-19-41-44(27)34(30)51/h22-28,30,36,40-42,53-57H,7-21H2,1-6H3,(H,39,48). The molecule has 0 aromatic heterocycles. The Morgan fingerprint density at radius 1 is 0.900 bits per heavy atom. The lowest BCUT2D eigenvalue weighted by Gasteiger charge is -2.50. The molecular formula is C38H66N8O14. The molecular weight excluding hydrogens is 792 g/mol. The number of nitrogens with zero attached hydrogens (tertiary/aromatic N) is 4. The Labute approximate surface area is 350 Å². The second-order valence-corrected chi connectivity index (χ2v) is 16.4. The normalized spacial score (nSPS) is 33.8. The number of nitrogens with one attached hydrogen (secondary N) is 4. The molecule has 22 nitrogen and oxygen atoms in total. The van der Waals surface area contributed by atoms with Crippen LogP contribution in [0.3, 0.4) is 0 Å². The fourth-order valence-corrected chi connectivity index (χ4v) is 8.08. The van der Waals surface area contributed by atoms with Gasteiger partial charge < -0.3 is 34.8 Å². The number of amides is 5. The van der Waals surface area contributed by atoms with Crippen LogP contribution in [0.1, 0.15) is 105 Å². The van der Waals surface area contributed by atoms with E-state index < -0.39 is 109 Å². The van der Waals surface area contributed by atoms with Gasteiger partial charge in [0.25, 0.3) is 23.6 Å². The average Bonchev–Trinajstić information content (AvgIpc) is 3.23. The number of carbonyl (C=O) groups excluding carboxylic acids is 6. The van der Waals surface area contributed by atoms with Crippen molar-refractivity contribution < 1.29 is 68.7 Å². The molecule has 60 heavy (non-hydrogen) atoms. The van der Waals surface area contributed by atoms with Gasteiger partial charge in [-0.2, -0.15) is 0 Å². The van der Waals surface area contributed by atoms with E-state index in [2.05, 4.69) is 28.4 Å². The molecule has 5 amide bonds. The van der Waals surface area contributed by atoms with E-state index in [4.69, 9.17) is 14.2 Å². The largest absolute Gasteiger partial charge is 0.459 e. The van der Waals surface area contributed by atoms with Crippen LogP contribution in [0.4, 0.5) is 0 Å². The number of carbonyl (C=O) groups is 6. The number of methoxy groups -OCH3 is 1. The second-order valence-electron chi connectivity index (χ2n) is 16.4. The van der Waals surface area contributed by atoms with Gasteiger partial charge >= 0.3 is 5.97 Å². The van der Waals surface area contributed by atoms with Gasteiger partial charge in [0.15, 0.2) is 23.5 Å². The van der Waals surface area contributed by atoms with Gasteiger partial charge in [-0.25, -0.2) is 25.8 Å². The summed E-state index contributed by atoms with van der Waals surface area (Å²) in [6.07, 6.45) is 1.85. The fraction of sp³-hybridized carbons (Fsp3) is 0.842. The maximum absolute atomic E-state index is 14.6. The molecule has 0 aliphatic carbocycles. The van der Waals surface area contributed by atoms with Gasteiger partial charge in [-0.1, -0.05) is 32.6 Å². The highest BCUT2D eigenvalue weighted by Gasteiger charge is 2.56. The highest BCUT2D eigenvalue weighted by molar-refractivity contribution is 5.95. The molecule has 11 atom stereocenters. The molecule has 4 aliphatic rings. The molecule has 4 aliphatic heterocycles. The lowest BCUT2D eigenvalue weighted by atomic mass is 9.80. The molecule has 0 spiro atoms. The molecule has 342 valence electrons. The predicted molar refractivity (Wildman–Crippen MR) is 207 cm³/mol. The van der Waals surface area contributed by atoms with Gasteiger partial charge in [0.1, 0.15) is 30.5 Å². The smallest absolute Gasteiger partial charge is 0.331 e. The first kappa shape index (κ1) is 49.1. The number of aliphatic hydroxyl groups excluding tert-OH is 1. The van der Waals surface area contributed by atoms with E-state index in [9.17, 15) is 54.5 Å². The minimum Gasteiger partial charge on any atom is -0.459 e. The Morgan fingerprint density at radius 3 is 2.13 bits per heavy atom. The number of unbranched alkanes of at least 4 members (excludes halogenated alkanes) is 3.